The Morgan fingerprint density at radius 1 is 1.05 bits per heavy atom. The van der Waals surface area contributed by atoms with Crippen molar-refractivity contribution in [1.29, 1.82) is 0 Å². The standard InChI is InChI=1S/C31H31FN2O5S/c1-31(2,3)18-12-15-21-22(16-18)40-29(23(21)30(37)38-4)33-27(35)24-25(17-10-13-19(32)14-11-17)34(39-26(24)28(33)36)20-8-6-5-7-9-20/h5-11,13-14,18,24-26H,12,15-16H2,1-4H3/t18-,24+,25-,26-/m0/s1. The zero-order valence-corrected chi connectivity index (χ0v) is 23.7. The van der Waals surface area contributed by atoms with Crippen LogP contribution in [0.25, 0.3) is 0 Å². The number of ether oxygens (including phenoxy) is 1. The smallest absolute Gasteiger partial charge is 0.341 e. The summed E-state index contributed by atoms with van der Waals surface area (Å²) in [7, 11) is 1.31. The second-order valence-corrected chi connectivity index (χ2v) is 12.8. The number of hydrogen-bond donors (Lipinski definition) is 0. The van der Waals surface area contributed by atoms with Gasteiger partial charge >= 0.3 is 5.97 Å². The highest BCUT2D eigenvalue weighted by atomic mass is 32.1. The van der Waals surface area contributed by atoms with Crippen molar-refractivity contribution in [2.45, 2.75) is 52.2 Å². The summed E-state index contributed by atoms with van der Waals surface area (Å²) in [6.45, 7) is 6.62. The molecule has 40 heavy (non-hydrogen) atoms. The lowest BCUT2D eigenvalue weighted by molar-refractivity contribution is -0.126. The first-order valence-electron chi connectivity index (χ1n) is 13.5. The molecule has 2 amide bonds. The molecule has 3 heterocycles. The zero-order valence-electron chi connectivity index (χ0n) is 22.8. The molecule has 1 aliphatic carbocycles. The summed E-state index contributed by atoms with van der Waals surface area (Å²) in [5.41, 5.74) is 2.57. The van der Waals surface area contributed by atoms with E-state index in [1.807, 2.05) is 30.3 Å². The lowest BCUT2D eigenvalue weighted by atomic mass is 9.72. The maximum Gasteiger partial charge on any atom is 0.341 e. The number of amides is 2. The van der Waals surface area contributed by atoms with Crippen LogP contribution in [0.1, 0.15) is 59.6 Å². The molecule has 0 spiro atoms. The summed E-state index contributed by atoms with van der Waals surface area (Å²) in [4.78, 5) is 49.6. The number of thiophene rings is 1. The predicted molar refractivity (Wildman–Crippen MR) is 150 cm³/mol. The van der Waals surface area contributed by atoms with E-state index in [4.69, 9.17) is 9.57 Å². The van der Waals surface area contributed by atoms with Crippen molar-refractivity contribution in [2.75, 3.05) is 17.1 Å². The molecule has 6 rings (SSSR count). The normalized spacial score (nSPS) is 24.3. The van der Waals surface area contributed by atoms with E-state index in [1.165, 1.54) is 30.6 Å². The monoisotopic (exact) mass is 562 g/mol. The Morgan fingerprint density at radius 2 is 1.75 bits per heavy atom. The van der Waals surface area contributed by atoms with Crippen LogP contribution in [-0.4, -0.2) is 31.0 Å². The maximum absolute atomic E-state index is 14.2. The van der Waals surface area contributed by atoms with Gasteiger partial charge in [0.25, 0.3) is 5.91 Å². The Morgan fingerprint density at radius 3 is 2.40 bits per heavy atom. The molecule has 3 aliphatic rings. The van der Waals surface area contributed by atoms with E-state index in [1.54, 1.807) is 17.2 Å². The van der Waals surface area contributed by atoms with Crippen LogP contribution >= 0.6 is 11.3 Å². The van der Waals surface area contributed by atoms with Crippen molar-refractivity contribution in [1.82, 2.24) is 0 Å². The lowest BCUT2D eigenvalue weighted by Crippen LogP contribution is -2.37. The molecule has 0 N–H and O–H groups in total. The van der Waals surface area contributed by atoms with Gasteiger partial charge in [0.2, 0.25) is 5.91 Å². The summed E-state index contributed by atoms with van der Waals surface area (Å²) in [6, 6.07) is 14.4. The Labute approximate surface area is 236 Å². The van der Waals surface area contributed by atoms with Crippen LogP contribution in [0.5, 0.6) is 0 Å². The number of hydroxylamine groups is 1. The molecule has 2 fully saturated rings. The Kier molecular flexibility index (Phi) is 6.54. The maximum atomic E-state index is 14.2. The highest BCUT2D eigenvalue weighted by Gasteiger charge is 2.61. The molecule has 2 aliphatic heterocycles. The van der Waals surface area contributed by atoms with E-state index in [-0.39, 0.29) is 5.41 Å². The number of imide groups is 1. The largest absolute Gasteiger partial charge is 0.465 e. The number of fused-ring (bicyclic) bond motifs is 2. The highest BCUT2D eigenvalue weighted by Crippen LogP contribution is 2.51. The van der Waals surface area contributed by atoms with E-state index in [0.29, 0.717) is 34.2 Å². The van der Waals surface area contributed by atoms with Gasteiger partial charge in [-0.1, -0.05) is 51.1 Å². The Hall–Kier alpha value is -3.56. The minimum absolute atomic E-state index is 0.0840. The van der Waals surface area contributed by atoms with Gasteiger partial charge in [0, 0.05) is 4.88 Å². The number of rotatable bonds is 4. The molecule has 208 valence electrons. The van der Waals surface area contributed by atoms with Gasteiger partial charge in [-0.05, 0) is 66.0 Å². The van der Waals surface area contributed by atoms with Gasteiger partial charge in [-0.2, -0.15) is 0 Å². The van der Waals surface area contributed by atoms with E-state index in [2.05, 4.69) is 20.8 Å². The third-order valence-corrected chi connectivity index (χ3v) is 9.64. The predicted octanol–water partition coefficient (Wildman–Crippen LogP) is 5.88. The van der Waals surface area contributed by atoms with Crippen LogP contribution in [0.3, 0.4) is 0 Å². The molecule has 0 bridgehead atoms. The van der Waals surface area contributed by atoms with Crippen LogP contribution in [0.15, 0.2) is 54.6 Å². The van der Waals surface area contributed by atoms with Gasteiger partial charge in [0.1, 0.15) is 16.7 Å². The molecule has 1 aromatic heterocycles. The van der Waals surface area contributed by atoms with Crippen molar-refractivity contribution in [3.8, 4) is 0 Å². The summed E-state index contributed by atoms with van der Waals surface area (Å²) >= 11 is 1.33. The van der Waals surface area contributed by atoms with Gasteiger partial charge in [0.05, 0.1) is 24.4 Å². The van der Waals surface area contributed by atoms with Gasteiger partial charge in [-0.15, -0.1) is 11.3 Å². The number of anilines is 2. The quantitative estimate of drug-likeness (QED) is 0.292. The van der Waals surface area contributed by atoms with E-state index in [9.17, 15) is 18.8 Å². The van der Waals surface area contributed by atoms with Gasteiger partial charge in [0.15, 0.2) is 6.10 Å². The van der Waals surface area contributed by atoms with Crippen molar-refractivity contribution >= 4 is 39.8 Å². The number of benzene rings is 2. The number of methoxy groups -OCH3 is 1. The second kappa shape index (κ2) is 9.82. The molecule has 2 aromatic carbocycles. The van der Waals surface area contributed by atoms with Crippen molar-refractivity contribution in [3.63, 3.8) is 0 Å². The van der Waals surface area contributed by atoms with Crippen LogP contribution in [0.4, 0.5) is 15.1 Å². The van der Waals surface area contributed by atoms with Crippen LogP contribution in [-0.2, 0) is 32.0 Å². The van der Waals surface area contributed by atoms with Crippen LogP contribution in [0, 0.1) is 23.1 Å². The summed E-state index contributed by atoms with van der Waals surface area (Å²) < 4.78 is 19.0. The topological polar surface area (TPSA) is 76.2 Å². The summed E-state index contributed by atoms with van der Waals surface area (Å²) in [6.07, 6.45) is 1.27. The van der Waals surface area contributed by atoms with Crippen LogP contribution < -0.4 is 9.96 Å². The van der Waals surface area contributed by atoms with Crippen molar-refractivity contribution in [2.24, 2.45) is 17.3 Å². The number of halogens is 1. The fourth-order valence-corrected chi connectivity index (χ4v) is 7.62. The first-order chi connectivity index (χ1) is 19.1. The molecule has 0 saturated carbocycles. The average molecular weight is 563 g/mol. The Bertz CT molecular complexity index is 1480. The molecule has 3 aromatic rings. The number of para-hydroxylation sites is 1. The van der Waals surface area contributed by atoms with Gasteiger partial charge in [-0.25, -0.2) is 19.1 Å². The van der Waals surface area contributed by atoms with E-state index < -0.39 is 41.7 Å². The molecule has 0 radical (unpaired) electrons. The SMILES string of the molecule is COC(=O)c1c(N2C(=O)[C@H]3[C@H](ON(c4ccccc4)[C@H]3c3ccc(F)cc3)C2=O)sc2c1CC[C@H](C(C)(C)C)C2. The van der Waals surface area contributed by atoms with Gasteiger partial charge in [-0.3, -0.25) is 14.4 Å². The van der Waals surface area contributed by atoms with E-state index >= 15 is 0 Å². The van der Waals surface area contributed by atoms with Crippen LogP contribution in [0.2, 0.25) is 0 Å². The average Bonchev–Trinajstić information content (AvgIpc) is 3.58. The number of nitrogens with zero attached hydrogens (tertiary/aromatic N) is 2. The third kappa shape index (κ3) is 4.23. The number of hydrogen-bond acceptors (Lipinski definition) is 7. The highest BCUT2D eigenvalue weighted by molar-refractivity contribution is 7.17. The Balaban J connectivity index is 1.43. The molecular weight excluding hydrogens is 531 g/mol. The van der Waals surface area contributed by atoms with Crippen molar-refractivity contribution in [3.05, 3.63) is 82.0 Å². The first-order valence-corrected chi connectivity index (χ1v) is 14.3. The fraction of sp³-hybridized carbons (Fsp3) is 0.387. The van der Waals surface area contributed by atoms with Crippen molar-refractivity contribution < 1.29 is 28.3 Å². The molecule has 4 atom stereocenters. The zero-order chi connectivity index (χ0) is 28.3. The van der Waals surface area contributed by atoms with Gasteiger partial charge < -0.3 is 4.74 Å². The molecular formula is C31H31FN2O5S. The molecule has 9 heteroatoms. The number of esters is 1. The number of carbonyl (C=O) groups excluding carboxylic acids is 3. The first kappa shape index (κ1) is 26.7. The molecule has 0 unspecified atom stereocenters. The number of carbonyl (C=O) groups is 3. The molecule has 7 nitrogen and oxygen atoms in total. The minimum Gasteiger partial charge on any atom is -0.465 e. The second-order valence-electron chi connectivity index (χ2n) is 11.7. The summed E-state index contributed by atoms with van der Waals surface area (Å²) in [5, 5.41) is 1.88. The van der Waals surface area contributed by atoms with E-state index in [0.717, 1.165) is 28.2 Å². The molecule has 2 saturated heterocycles. The third-order valence-electron chi connectivity index (χ3n) is 8.40. The lowest BCUT2D eigenvalue weighted by Gasteiger charge is -2.33. The fourth-order valence-electron chi connectivity index (χ4n) is 6.19. The summed E-state index contributed by atoms with van der Waals surface area (Å²) in [5.74, 6) is -2.39. The minimum atomic E-state index is -1.09.